The van der Waals surface area contributed by atoms with E-state index in [-0.39, 0.29) is 5.91 Å². The van der Waals surface area contributed by atoms with Crippen molar-refractivity contribution in [3.63, 3.8) is 0 Å². The van der Waals surface area contributed by atoms with E-state index in [4.69, 9.17) is 0 Å². The number of hydrogen-bond donors (Lipinski definition) is 1. The molecule has 0 fully saturated rings. The number of carbonyl (C=O) groups excluding carboxylic acids is 1. The van der Waals surface area contributed by atoms with Gasteiger partial charge >= 0.3 is 0 Å². The molecule has 1 N–H and O–H groups in total. The second-order valence-electron chi connectivity index (χ2n) is 8.92. The van der Waals surface area contributed by atoms with Gasteiger partial charge in [0, 0.05) is 25.2 Å². The highest BCUT2D eigenvalue weighted by Gasteiger charge is 2.08. The lowest BCUT2D eigenvalue weighted by atomic mass is 10.1. The minimum Gasteiger partial charge on any atom is -0.352 e. The summed E-state index contributed by atoms with van der Waals surface area (Å²) in [4.78, 5) is 14.8. The molecule has 0 heterocycles. The predicted molar refractivity (Wildman–Crippen MR) is 137 cm³/mol. The van der Waals surface area contributed by atoms with Gasteiger partial charge in [-0.25, -0.2) is 0 Å². The van der Waals surface area contributed by atoms with Crippen molar-refractivity contribution < 1.29 is 4.79 Å². The van der Waals surface area contributed by atoms with Crippen LogP contribution in [0.2, 0.25) is 0 Å². The van der Waals surface area contributed by atoms with Crippen molar-refractivity contribution in [2.75, 3.05) is 13.1 Å². The average Bonchev–Trinajstić information content (AvgIpc) is 2.83. The molecule has 0 atom stereocenters. The molecule has 32 heavy (non-hydrogen) atoms. The van der Waals surface area contributed by atoms with Gasteiger partial charge < -0.3 is 5.32 Å². The number of carbonyl (C=O) groups is 1. The molecule has 3 nitrogen and oxygen atoms in total. The van der Waals surface area contributed by atoms with Crippen LogP contribution in [0.25, 0.3) is 0 Å². The van der Waals surface area contributed by atoms with E-state index in [9.17, 15) is 4.79 Å². The molecule has 0 aliphatic carbocycles. The fraction of sp³-hybridized carbons (Fsp3) is 0.552. The van der Waals surface area contributed by atoms with Gasteiger partial charge in [-0.1, -0.05) is 114 Å². The quantitative estimate of drug-likeness (QED) is 0.263. The number of hydrogen-bond acceptors (Lipinski definition) is 2. The van der Waals surface area contributed by atoms with Gasteiger partial charge in [0.15, 0.2) is 0 Å². The summed E-state index contributed by atoms with van der Waals surface area (Å²) in [6.07, 6.45) is 13.2. The molecule has 0 bridgehead atoms. The van der Waals surface area contributed by atoms with Crippen LogP contribution in [-0.4, -0.2) is 23.9 Å². The minimum atomic E-state index is 0.0455. The summed E-state index contributed by atoms with van der Waals surface area (Å²) >= 11 is 0. The molecule has 1 amide bonds. The Balaban J connectivity index is 1.60. The van der Waals surface area contributed by atoms with Gasteiger partial charge in [0.2, 0.25) is 0 Å². The summed E-state index contributed by atoms with van der Waals surface area (Å²) in [5.41, 5.74) is 3.33. The van der Waals surface area contributed by atoms with Crippen molar-refractivity contribution in [3.8, 4) is 0 Å². The van der Waals surface area contributed by atoms with Gasteiger partial charge in [0.1, 0.15) is 0 Å². The normalized spacial score (nSPS) is 11.1. The first kappa shape index (κ1) is 26.1. The van der Waals surface area contributed by atoms with Crippen LogP contribution in [-0.2, 0) is 13.1 Å². The Morgan fingerprint density at radius 1 is 0.688 bits per heavy atom. The summed E-state index contributed by atoms with van der Waals surface area (Å²) in [6, 6.07) is 18.7. The highest BCUT2D eigenvalue weighted by atomic mass is 16.1. The van der Waals surface area contributed by atoms with E-state index in [0.717, 1.165) is 38.2 Å². The molecule has 0 spiro atoms. The Morgan fingerprint density at radius 3 is 1.78 bits per heavy atom. The van der Waals surface area contributed by atoms with Crippen LogP contribution >= 0.6 is 0 Å². The highest BCUT2D eigenvalue weighted by molar-refractivity contribution is 5.94. The van der Waals surface area contributed by atoms with Gasteiger partial charge in [0.25, 0.3) is 5.91 Å². The van der Waals surface area contributed by atoms with Crippen LogP contribution in [0, 0.1) is 0 Å². The van der Waals surface area contributed by atoms with E-state index in [0.29, 0.717) is 0 Å². The summed E-state index contributed by atoms with van der Waals surface area (Å²) in [6.45, 7) is 8.07. The Bertz CT molecular complexity index is 727. The van der Waals surface area contributed by atoms with Crippen LogP contribution in [0.5, 0.6) is 0 Å². The van der Waals surface area contributed by atoms with Crippen molar-refractivity contribution >= 4 is 5.91 Å². The second-order valence-corrected chi connectivity index (χ2v) is 8.92. The van der Waals surface area contributed by atoms with Gasteiger partial charge in [-0.05, 0) is 36.2 Å². The third kappa shape index (κ3) is 10.9. The lowest BCUT2D eigenvalue weighted by Gasteiger charge is -2.20. The number of rotatable bonds is 17. The number of benzene rings is 2. The molecule has 176 valence electrons. The Labute approximate surface area is 196 Å². The minimum absolute atomic E-state index is 0.0455. The first-order valence-corrected chi connectivity index (χ1v) is 12.9. The van der Waals surface area contributed by atoms with Crippen LogP contribution in [0.15, 0.2) is 54.6 Å². The van der Waals surface area contributed by atoms with Crippen LogP contribution in [0.4, 0.5) is 0 Å². The molecule has 0 unspecified atom stereocenters. The Morgan fingerprint density at radius 2 is 1.22 bits per heavy atom. The van der Waals surface area contributed by atoms with Crippen molar-refractivity contribution in [1.29, 1.82) is 0 Å². The molecule has 2 aromatic rings. The third-order valence-electron chi connectivity index (χ3n) is 6.13. The van der Waals surface area contributed by atoms with Crippen LogP contribution in [0.3, 0.4) is 0 Å². The lowest BCUT2D eigenvalue weighted by molar-refractivity contribution is 0.0953. The maximum absolute atomic E-state index is 12.4. The number of nitrogens with one attached hydrogen (secondary N) is 1. The fourth-order valence-electron chi connectivity index (χ4n) is 4.06. The van der Waals surface area contributed by atoms with Crippen LogP contribution < -0.4 is 5.32 Å². The van der Waals surface area contributed by atoms with E-state index in [1.807, 2.05) is 12.1 Å². The third-order valence-corrected chi connectivity index (χ3v) is 6.13. The molecule has 0 aliphatic rings. The molecule has 0 saturated heterocycles. The number of nitrogens with zero attached hydrogens (tertiary/aromatic N) is 1. The number of unbranched alkanes of at least 4 members (excludes halogenated alkanes) is 9. The van der Waals surface area contributed by atoms with E-state index >= 15 is 0 Å². The number of amides is 1. The molecule has 2 rings (SSSR count). The maximum Gasteiger partial charge on any atom is 0.251 e. The van der Waals surface area contributed by atoms with Crippen molar-refractivity contribution in [3.05, 3.63) is 71.3 Å². The van der Waals surface area contributed by atoms with Crippen molar-refractivity contribution in [2.45, 2.75) is 91.1 Å². The smallest absolute Gasteiger partial charge is 0.251 e. The summed E-state index contributed by atoms with van der Waals surface area (Å²) in [5.74, 6) is 0.0455. The second kappa shape index (κ2) is 16.5. The largest absolute Gasteiger partial charge is 0.352 e. The highest BCUT2D eigenvalue weighted by Crippen LogP contribution is 2.12. The molecule has 0 saturated carbocycles. The first-order valence-electron chi connectivity index (χ1n) is 12.9. The molecule has 0 radical (unpaired) electrons. The van der Waals surface area contributed by atoms with Gasteiger partial charge in [0.05, 0.1) is 0 Å². The molecule has 2 aromatic carbocycles. The summed E-state index contributed by atoms with van der Waals surface area (Å²) in [5, 5.41) is 3.08. The summed E-state index contributed by atoms with van der Waals surface area (Å²) in [7, 11) is 0. The Kier molecular flexibility index (Phi) is 13.5. The molecule has 0 aliphatic heterocycles. The first-order chi connectivity index (χ1) is 15.7. The molecular weight excluding hydrogens is 392 g/mol. The van der Waals surface area contributed by atoms with Gasteiger partial charge in [-0.15, -0.1) is 0 Å². The predicted octanol–water partition coefficient (Wildman–Crippen LogP) is 7.36. The van der Waals surface area contributed by atoms with Gasteiger partial charge in [-0.3, -0.25) is 9.69 Å². The molecule has 3 heteroatoms. The zero-order valence-electron chi connectivity index (χ0n) is 20.5. The zero-order valence-corrected chi connectivity index (χ0v) is 20.5. The molecular formula is C29H44N2O. The standard InChI is InChI=1S/C29H44N2O/c1-3-5-6-7-8-9-10-11-12-16-23-30-29(32)28-21-19-27(20-22-28)25-31(4-2)24-26-17-14-13-15-18-26/h13-15,17-22H,3-12,16,23-25H2,1-2H3,(H,30,32). The van der Waals surface area contributed by atoms with E-state index < -0.39 is 0 Å². The van der Waals surface area contributed by atoms with E-state index in [1.165, 1.54) is 68.9 Å². The lowest BCUT2D eigenvalue weighted by Crippen LogP contribution is -2.24. The van der Waals surface area contributed by atoms with Gasteiger partial charge in [-0.2, -0.15) is 0 Å². The van der Waals surface area contributed by atoms with Crippen molar-refractivity contribution in [1.82, 2.24) is 10.2 Å². The average molecular weight is 437 g/mol. The Hall–Kier alpha value is -2.13. The maximum atomic E-state index is 12.4. The molecule has 0 aromatic heterocycles. The van der Waals surface area contributed by atoms with Crippen LogP contribution in [0.1, 0.15) is 99.5 Å². The van der Waals surface area contributed by atoms with Crippen molar-refractivity contribution in [2.24, 2.45) is 0 Å². The zero-order chi connectivity index (χ0) is 22.9. The van der Waals surface area contributed by atoms with E-state index in [2.05, 4.69) is 66.5 Å². The fourth-order valence-corrected chi connectivity index (χ4v) is 4.06. The SMILES string of the molecule is CCCCCCCCCCCCNC(=O)c1ccc(CN(CC)Cc2ccccc2)cc1. The van der Waals surface area contributed by atoms with E-state index in [1.54, 1.807) is 0 Å². The topological polar surface area (TPSA) is 32.3 Å². The monoisotopic (exact) mass is 436 g/mol. The summed E-state index contributed by atoms with van der Waals surface area (Å²) < 4.78 is 0.